The van der Waals surface area contributed by atoms with Gasteiger partial charge in [-0.2, -0.15) is 0 Å². The maximum atomic E-state index is 13.2. The zero-order valence-electron chi connectivity index (χ0n) is 10.8. The van der Waals surface area contributed by atoms with Gasteiger partial charge in [0.2, 0.25) is 11.8 Å². The number of rotatable bonds is 3. The molecule has 3 N–H and O–H groups in total. The highest BCUT2D eigenvalue weighted by molar-refractivity contribution is 6.01. The van der Waals surface area contributed by atoms with Crippen LogP contribution in [0.5, 0.6) is 0 Å². The fourth-order valence-corrected chi connectivity index (χ4v) is 2.02. The van der Waals surface area contributed by atoms with Gasteiger partial charge in [0.05, 0.1) is 17.2 Å². The Balaban J connectivity index is 2.18. The lowest BCUT2D eigenvalue weighted by Crippen LogP contribution is -2.40. The predicted octanol–water partition coefficient (Wildman–Crippen LogP) is 1.13. The van der Waals surface area contributed by atoms with Gasteiger partial charge in [-0.15, -0.1) is 0 Å². The third-order valence-corrected chi connectivity index (χ3v) is 3.19. The number of amides is 2. The molecule has 2 rings (SSSR count). The maximum Gasteiger partial charge on any atom is 0.337 e. The number of hydrogen-bond donors (Lipinski definition) is 3. The number of halogens is 2. The second-order valence-electron chi connectivity index (χ2n) is 4.65. The summed E-state index contributed by atoms with van der Waals surface area (Å²) in [5, 5.41) is 13.7. The number of carboxylic acids is 1. The van der Waals surface area contributed by atoms with Crippen LogP contribution in [0.3, 0.4) is 0 Å². The van der Waals surface area contributed by atoms with E-state index in [-0.39, 0.29) is 24.6 Å². The number of aromatic carboxylic acids is 1. The predicted molar refractivity (Wildman–Crippen MR) is 67.7 cm³/mol. The molecule has 1 aromatic rings. The zero-order chi connectivity index (χ0) is 15.6. The molecule has 1 aromatic carbocycles. The average Bonchev–Trinajstić information content (AvgIpc) is 2.43. The molecule has 112 valence electrons. The van der Waals surface area contributed by atoms with Gasteiger partial charge in [-0.1, -0.05) is 0 Å². The molecule has 0 aliphatic carbocycles. The van der Waals surface area contributed by atoms with Crippen molar-refractivity contribution >= 4 is 23.5 Å². The van der Waals surface area contributed by atoms with Gasteiger partial charge in [0.1, 0.15) is 0 Å². The lowest BCUT2D eigenvalue weighted by atomic mass is 9.98. The minimum absolute atomic E-state index is 0.122. The zero-order valence-corrected chi connectivity index (χ0v) is 10.8. The summed E-state index contributed by atoms with van der Waals surface area (Å²) in [6.45, 7) is 0.122. The van der Waals surface area contributed by atoms with E-state index in [0.29, 0.717) is 18.6 Å². The molecule has 6 nitrogen and oxygen atoms in total. The van der Waals surface area contributed by atoms with E-state index >= 15 is 0 Å². The first kappa shape index (κ1) is 14.9. The van der Waals surface area contributed by atoms with E-state index in [0.717, 1.165) is 0 Å². The molecule has 1 heterocycles. The number of hydrogen-bond acceptors (Lipinski definition) is 3. The number of benzene rings is 1. The molecule has 0 radical (unpaired) electrons. The van der Waals surface area contributed by atoms with Crippen LogP contribution in [0, 0.1) is 17.6 Å². The second-order valence-corrected chi connectivity index (χ2v) is 4.65. The van der Waals surface area contributed by atoms with Crippen molar-refractivity contribution in [2.45, 2.75) is 12.8 Å². The average molecular weight is 298 g/mol. The van der Waals surface area contributed by atoms with Crippen molar-refractivity contribution < 1.29 is 28.3 Å². The van der Waals surface area contributed by atoms with E-state index in [1.807, 2.05) is 0 Å². The highest BCUT2D eigenvalue weighted by Gasteiger charge is 2.26. The fourth-order valence-electron chi connectivity index (χ4n) is 2.02. The fraction of sp³-hybridized carbons (Fsp3) is 0.308. The molecule has 0 aromatic heterocycles. The summed E-state index contributed by atoms with van der Waals surface area (Å²) < 4.78 is 26.2. The van der Waals surface area contributed by atoms with E-state index in [1.54, 1.807) is 0 Å². The number of anilines is 1. The first-order valence-corrected chi connectivity index (χ1v) is 6.18. The van der Waals surface area contributed by atoms with Crippen LogP contribution in [-0.4, -0.2) is 29.4 Å². The van der Waals surface area contributed by atoms with Crippen molar-refractivity contribution in [1.82, 2.24) is 5.32 Å². The number of nitrogens with one attached hydrogen (secondary N) is 2. The molecule has 1 aliphatic rings. The van der Waals surface area contributed by atoms with Gasteiger partial charge < -0.3 is 15.7 Å². The lowest BCUT2D eigenvalue weighted by Gasteiger charge is -2.22. The van der Waals surface area contributed by atoms with Gasteiger partial charge >= 0.3 is 5.97 Å². The SMILES string of the molecule is O=C1CCC(C(=O)Nc2cc(F)c(F)cc2C(=O)O)CN1. The molecule has 8 heteroatoms. The summed E-state index contributed by atoms with van der Waals surface area (Å²) in [5.74, 6) is -5.32. The molecular weight excluding hydrogens is 286 g/mol. The minimum atomic E-state index is -1.49. The lowest BCUT2D eigenvalue weighted by molar-refractivity contribution is -0.126. The number of carbonyl (C=O) groups excluding carboxylic acids is 2. The van der Waals surface area contributed by atoms with Crippen LogP contribution in [0.4, 0.5) is 14.5 Å². The number of carbonyl (C=O) groups is 3. The second kappa shape index (κ2) is 5.86. The van der Waals surface area contributed by atoms with Crippen LogP contribution in [0.1, 0.15) is 23.2 Å². The Morgan fingerprint density at radius 2 is 1.95 bits per heavy atom. The molecule has 1 fully saturated rings. The summed E-state index contributed by atoms with van der Waals surface area (Å²) >= 11 is 0. The monoisotopic (exact) mass is 298 g/mol. The van der Waals surface area contributed by atoms with Crippen molar-refractivity contribution in [3.8, 4) is 0 Å². The Morgan fingerprint density at radius 3 is 2.52 bits per heavy atom. The van der Waals surface area contributed by atoms with Gasteiger partial charge in [-0.05, 0) is 12.5 Å². The molecule has 0 saturated carbocycles. The molecular formula is C13H12F2N2O4. The molecule has 0 spiro atoms. The molecule has 1 unspecified atom stereocenters. The van der Waals surface area contributed by atoms with Crippen molar-refractivity contribution in [2.24, 2.45) is 5.92 Å². The van der Waals surface area contributed by atoms with E-state index in [2.05, 4.69) is 10.6 Å². The highest BCUT2D eigenvalue weighted by atomic mass is 19.2. The quantitative estimate of drug-likeness (QED) is 0.779. The van der Waals surface area contributed by atoms with Crippen LogP contribution >= 0.6 is 0 Å². The smallest absolute Gasteiger partial charge is 0.337 e. The molecule has 1 atom stereocenters. The molecule has 2 amide bonds. The summed E-state index contributed by atoms with van der Waals surface area (Å²) in [6.07, 6.45) is 0.491. The maximum absolute atomic E-state index is 13.2. The third-order valence-electron chi connectivity index (χ3n) is 3.19. The van der Waals surface area contributed by atoms with Crippen LogP contribution in [0.15, 0.2) is 12.1 Å². The summed E-state index contributed by atoms with van der Waals surface area (Å²) in [4.78, 5) is 34.0. The normalized spacial score (nSPS) is 18.0. The van der Waals surface area contributed by atoms with Gasteiger partial charge in [0, 0.05) is 19.0 Å². The van der Waals surface area contributed by atoms with Crippen LogP contribution < -0.4 is 10.6 Å². The van der Waals surface area contributed by atoms with Crippen LogP contribution in [0.25, 0.3) is 0 Å². The van der Waals surface area contributed by atoms with Gasteiger partial charge in [-0.25, -0.2) is 13.6 Å². The standard InChI is InChI=1S/C13H12F2N2O4/c14-8-3-7(13(20)21)10(4-9(8)15)17-12(19)6-1-2-11(18)16-5-6/h3-4,6H,1-2,5H2,(H,16,18)(H,17,19)(H,20,21). The first-order valence-electron chi connectivity index (χ1n) is 6.18. The molecule has 1 saturated heterocycles. The van der Waals surface area contributed by atoms with Crippen molar-refractivity contribution in [2.75, 3.05) is 11.9 Å². The summed E-state index contributed by atoms with van der Waals surface area (Å²) in [7, 11) is 0. The minimum Gasteiger partial charge on any atom is -0.478 e. The van der Waals surface area contributed by atoms with Crippen LogP contribution in [-0.2, 0) is 9.59 Å². The van der Waals surface area contributed by atoms with Crippen molar-refractivity contribution in [3.63, 3.8) is 0 Å². The number of carboxylic acid groups (broad SMARTS) is 1. The van der Waals surface area contributed by atoms with E-state index in [4.69, 9.17) is 5.11 Å². The number of piperidine rings is 1. The van der Waals surface area contributed by atoms with Gasteiger partial charge in [0.25, 0.3) is 0 Å². The summed E-state index contributed by atoms with van der Waals surface area (Å²) in [5.41, 5.74) is -0.856. The Labute approximate surface area is 118 Å². The van der Waals surface area contributed by atoms with Crippen LogP contribution in [0.2, 0.25) is 0 Å². The Bertz CT molecular complexity index is 608. The topological polar surface area (TPSA) is 95.5 Å². The Kier molecular flexibility index (Phi) is 4.15. The molecule has 21 heavy (non-hydrogen) atoms. The third kappa shape index (κ3) is 3.33. The van der Waals surface area contributed by atoms with Gasteiger partial charge in [-0.3, -0.25) is 9.59 Å². The Hall–Kier alpha value is -2.51. The summed E-state index contributed by atoms with van der Waals surface area (Å²) in [6, 6.07) is 1.13. The van der Waals surface area contributed by atoms with E-state index in [1.165, 1.54) is 0 Å². The molecule has 1 aliphatic heterocycles. The van der Waals surface area contributed by atoms with Gasteiger partial charge in [0.15, 0.2) is 11.6 Å². The largest absolute Gasteiger partial charge is 0.478 e. The van der Waals surface area contributed by atoms with Crippen molar-refractivity contribution in [1.29, 1.82) is 0 Å². The van der Waals surface area contributed by atoms with Crippen molar-refractivity contribution in [3.05, 3.63) is 29.3 Å². The van der Waals surface area contributed by atoms with E-state index < -0.39 is 35.0 Å². The Morgan fingerprint density at radius 1 is 1.29 bits per heavy atom. The van der Waals surface area contributed by atoms with E-state index in [9.17, 15) is 23.2 Å². The molecule has 0 bridgehead atoms. The highest BCUT2D eigenvalue weighted by Crippen LogP contribution is 2.22. The first-order chi connectivity index (χ1) is 9.88.